The fourth-order valence-corrected chi connectivity index (χ4v) is 5.05. The molecular weight excluding hydrogens is 404 g/mol. The molecule has 0 aromatic carbocycles. The molecule has 7 nitrogen and oxygen atoms in total. The van der Waals surface area contributed by atoms with E-state index >= 15 is 0 Å². The van der Waals surface area contributed by atoms with Crippen molar-refractivity contribution < 1.29 is 14.6 Å². The summed E-state index contributed by atoms with van der Waals surface area (Å²) in [7, 11) is 1.59. The molecule has 0 radical (unpaired) electrons. The third-order valence-electron chi connectivity index (χ3n) is 6.85. The largest absolute Gasteiger partial charge is 0.481 e. The number of aromatic nitrogens is 2. The number of carboxylic acids is 1. The predicted molar refractivity (Wildman–Crippen MR) is 124 cm³/mol. The highest BCUT2D eigenvalue weighted by Crippen LogP contribution is 2.35. The lowest BCUT2D eigenvalue weighted by Crippen LogP contribution is -2.36. The molecule has 4 rings (SSSR count). The summed E-state index contributed by atoms with van der Waals surface area (Å²) in [6, 6.07) is 8.19. The third kappa shape index (κ3) is 5.76. The third-order valence-corrected chi connectivity index (χ3v) is 6.85. The van der Waals surface area contributed by atoms with Crippen LogP contribution in [-0.2, 0) is 17.6 Å². The van der Waals surface area contributed by atoms with Gasteiger partial charge in [0.2, 0.25) is 5.88 Å². The van der Waals surface area contributed by atoms with Crippen LogP contribution in [0, 0.1) is 5.92 Å². The molecule has 2 N–H and O–H groups in total. The summed E-state index contributed by atoms with van der Waals surface area (Å²) in [6.07, 6.45) is 8.36. The quantitative estimate of drug-likeness (QED) is 0.616. The zero-order valence-corrected chi connectivity index (χ0v) is 18.9. The summed E-state index contributed by atoms with van der Waals surface area (Å²) in [4.78, 5) is 23.1. The lowest BCUT2D eigenvalue weighted by Gasteiger charge is -2.36. The van der Waals surface area contributed by atoms with Crippen molar-refractivity contribution in [1.29, 1.82) is 0 Å². The molecule has 0 saturated carbocycles. The second-order valence-corrected chi connectivity index (χ2v) is 8.96. The second kappa shape index (κ2) is 10.8. The van der Waals surface area contributed by atoms with Gasteiger partial charge in [-0.05, 0) is 87.2 Å². The van der Waals surface area contributed by atoms with Crippen LogP contribution in [0.2, 0.25) is 0 Å². The Hall–Kier alpha value is -2.67. The monoisotopic (exact) mass is 438 g/mol. The molecule has 2 aromatic heterocycles. The molecule has 1 saturated heterocycles. The van der Waals surface area contributed by atoms with Gasteiger partial charge in [-0.15, -0.1) is 0 Å². The fraction of sp³-hybridized carbons (Fsp3) is 0.560. The first-order chi connectivity index (χ1) is 15.6. The normalized spacial score (nSPS) is 17.9. The average molecular weight is 439 g/mol. The van der Waals surface area contributed by atoms with E-state index in [2.05, 4.69) is 27.3 Å². The van der Waals surface area contributed by atoms with Crippen LogP contribution in [0.1, 0.15) is 54.8 Å². The molecule has 2 aliphatic heterocycles. The first-order valence-corrected chi connectivity index (χ1v) is 11.8. The number of aliphatic carboxylic acids is 1. The number of fused-ring (bicyclic) bond motifs is 1. The van der Waals surface area contributed by atoms with Crippen LogP contribution >= 0.6 is 0 Å². The Labute approximate surface area is 190 Å². The van der Waals surface area contributed by atoms with E-state index in [1.807, 2.05) is 12.1 Å². The predicted octanol–water partition coefficient (Wildman–Crippen LogP) is 3.75. The molecular formula is C25H34N4O3. The summed E-state index contributed by atoms with van der Waals surface area (Å²) in [5, 5.41) is 12.9. The van der Waals surface area contributed by atoms with E-state index in [0.29, 0.717) is 11.8 Å². The van der Waals surface area contributed by atoms with Crippen LogP contribution in [0.15, 0.2) is 30.5 Å². The number of nitrogens with zero attached hydrogens (tertiary/aromatic N) is 3. The van der Waals surface area contributed by atoms with Crippen LogP contribution < -0.4 is 10.1 Å². The maximum Gasteiger partial charge on any atom is 0.303 e. The highest BCUT2D eigenvalue weighted by molar-refractivity contribution is 5.68. The van der Waals surface area contributed by atoms with E-state index < -0.39 is 5.97 Å². The van der Waals surface area contributed by atoms with E-state index in [-0.39, 0.29) is 12.3 Å². The molecule has 32 heavy (non-hydrogen) atoms. The Balaban J connectivity index is 1.27. The van der Waals surface area contributed by atoms with Crippen LogP contribution in [0.25, 0.3) is 0 Å². The van der Waals surface area contributed by atoms with Crippen LogP contribution in [0.4, 0.5) is 5.82 Å². The molecule has 1 atom stereocenters. The number of methoxy groups -OCH3 is 1. The van der Waals surface area contributed by atoms with Gasteiger partial charge in [0.25, 0.3) is 0 Å². The lowest BCUT2D eigenvalue weighted by atomic mass is 9.78. The molecule has 0 amide bonds. The van der Waals surface area contributed by atoms with E-state index in [9.17, 15) is 9.90 Å². The van der Waals surface area contributed by atoms with Gasteiger partial charge in [0.05, 0.1) is 13.5 Å². The highest BCUT2D eigenvalue weighted by atomic mass is 16.5. The lowest BCUT2D eigenvalue weighted by molar-refractivity contribution is -0.137. The van der Waals surface area contributed by atoms with Gasteiger partial charge in [0.15, 0.2) is 0 Å². The number of ether oxygens (including phenoxy) is 1. The molecule has 2 aliphatic rings. The second-order valence-electron chi connectivity index (χ2n) is 8.96. The number of hydrogen-bond acceptors (Lipinski definition) is 6. The first-order valence-electron chi connectivity index (χ1n) is 11.8. The van der Waals surface area contributed by atoms with Crippen molar-refractivity contribution in [2.75, 3.05) is 38.6 Å². The van der Waals surface area contributed by atoms with Crippen molar-refractivity contribution in [3.63, 3.8) is 0 Å². The number of pyridine rings is 2. The first kappa shape index (κ1) is 22.5. The van der Waals surface area contributed by atoms with Crippen molar-refractivity contribution in [1.82, 2.24) is 14.9 Å². The zero-order valence-electron chi connectivity index (χ0n) is 18.9. The van der Waals surface area contributed by atoms with E-state index in [1.165, 1.54) is 17.7 Å². The molecule has 1 fully saturated rings. The summed E-state index contributed by atoms with van der Waals surface area (Å²) in [5.74, 6) is 1.25. The topological polar surface area (TPSA) is 87.6 Å². The number of nitrogens with one attached hydrogen (secondary N) is 1. The average Bonchev–Trinajstić information content (AvgIpc) is 2.83. The van der Waals surface area contributed by atoms with Crippen molar-refractivity contribution in [2.45, 2.75) is 50.9 Å². The number of aryl methyl sites for hydroxylation is 2. The minimum absolute atomic E-state index is 0.000233. The number of likely N-dealkylation sites (tertiary alicyclic amines) is 1. The summed E-state index contributed by atoms with van der Waals surface area (Å²) < 4.78 is 5.14. The Morgan fingerprint density at radius 3 is 2.84 bits per heavy atom. The number of piperidine rings is 1. The highest BCUT2D eigenvalue weighted by Gasteiger charge is 2.29. The molecule has 4 heterocycles. The molecule has 1 unspecified atom stereocenters. The smallest absolute Gasteiger partial charge is 0.303 e. The van der Waals surface area contributed by atoms with Crippen LogP contribution in [0.5, 0.6) is 5.88 Å². The van der Waals surface area contributed by atoms with Crippen molar-refractivity contribution in [3.8, 4) is 5.88 Å². The van der Waals surface area contributed by atoms with Crippen LogP contribution in [0.3, 0.4) is 0 Å². The number of rotatable bonds is 9. The van der Waals surface area contributed by atoms with Gasteiger partial charge >= 0.3 is 5.97 Å². The van der Waals surface area contributed by atoms with Gasteiger partial charge < -0.3 is 20.1 Å². The minimum Gasteiger partial charge on any atom is -0.481 e. The minimum atomic E-state index is -0.750. The van der Waals surface area contributed by atoms with E-state index in [0.717, 1.165) is 69.7 Å². The van der Waals surface area contributed by atoms with Gasteiger partial charge in [-0.2, -0.15) is 0 Å². The number of carboxylic acid groups (broad SMARTS) is 1. The number of carbonyl (C=O) groups is 1. The van der Waals surface area contributed by atoms with Crippen molar-refractivity contribution in [3.05, 3.63) is 47.3 Å². The summed E-state index contributed by atoms with van der Waals surface area (Å²) in [5.41, 5.74) is 3.50. The maximum absolute atomic E-state index is 11.5. The Kier molecular flexibility index (Phi) is 7.58. The molecule has 172 valence electrons. The summed E-state index contributed by atoms with van der Waals surface area (Å²) in [6.45, 7) is 4.12. The number of anilines is 1. The standard InChI is InChI=1S/C25H34N4O3/c1-32-23-9-7-20(17-27-23)22(16-24(30)31)18-10-14-29(15-11-18)13-3-5-21-8-6-19-4-2-12-26-25(19)28-21/h6-9,17-18,22H,2-5,10-16H2,1H3,(H,26,28)(H,30,31). The van der Waals surface area contributed by atoms with Gasteiger partial charge in [0, 0.05) is 24.5 Å². The van der Waals surface area contributed by atoms with E-state index in [1.54, 1.807) is 13.3 Å². The Morgan fingerprint density at radius 2 is 2.12 bits per heavy atom. The van der Waals surface area contributed by atoms with Crippen LogP contribution in [-0.4, -0.2) is 59.2 Å². The van der Waals surface area contributed by atoms with Gasteiger partial charge in [0.1, 0.15) is 5.82 Å². The van der Waals surface area contributed by atoms with Crippen molar-refractivity contribution in [2.24, 2.45) is 5.92 Å². The molecule has 0 spiro atoms. The Bertz CT molecular complexity index is 895. The molecule has 0 bridgehead atoms. The summed E-state index contributed by atoms with van der Waals surface area (Å²) >= 11 is 0. The molecule has 7 heteroatoms. The molecule has 0 aliphatic carbocycles. The van der Waals surface area contributed by atoms with Crippen molar-refractivity contribution >= 4 is 11.8 Å². The number of hydrogen-bond donors (Lipinski definition) is 2. The van der Waals surface area contributed by atoms with Gasteiger partial charge in [-0.1, -0.05) is 12.1 Å². The van der Waals surface area contributed by atoms with Gasteiger partial charge in [-0.25, -0.2) is 9.97 Å². The molecule has 2 aromatic rings. The Morgan fingerprint density at radius 1 is 1.28 bits per heavy atom. The van der Waals surface area contributed by atoms with Gasteiger partial charge in [-0.3, -0.25) is 4.79 Å². The fourth-order valence-electron chi connectivity index (χ4n) is 5.05. The van der Waals surface area contributed by atoms with E-state index in [4.69, 9.17) is 9.72 Å². The zero-order chi connectivity index (χ0) is 22.3. The maximum atomic E-state index is 11.5. The SMILES string of the molecule is COc1ccc(C(CC(=O)O)C2CCN(CCCc3ccc4c(n3)NCCC4)CC2)cn1.